The maximum Gasteiger partial charge on any atom is 0.167 e. The zero-order valence-corrected chi connectivity index (χ0v) is 11.3. The Morgan fingerprint density at radius 2 is 2.12 bits per heavy atom. The van der Waals surface area contributed by atoms with Crippen molar-refractivity contribution in [1.29, 1.82) is 0 Å². The molecule has 16 heavy (non-hydrogen) atoms. The Kier molecular flexibility index (Phi) is 5.53. The fourth-order valence-corrected chi connectivity index (χ4v) is 2.03. The zero-order valence-electron chi connectivity index (χ0n) is 9.75. The van der Waals surface area contributed by atoms with E-state index in [1.54, 1.807) is 0 Å². The topological polar surface area (TPSA) is 26.3 Å². The van der Waals surface area contributed by atoms with Crippen LogP contribution in [-0.2, 0) is 6.42 Å². The molecule has 1 rings (SSSR count). The van der Waals surface area contributed by atoms with Crippen molar-refractivity contribution in [3.63, 3.8) is 0 Å². The molecule has 0 amide bonds. The number of carbonyl (C=O) groups excluding carboxylic acids is 1. The first-order valence-electron chi connectivity index (χ1n) is 5.58. The Morgan fingerprint density at radius 1 is 1.38 bits per heavy atom. The number of hydrogen-bond acceptors (Lipinski definition) is 2. The number of Topliss-reactive ketones (excluding diaryl/α,β-unsaturated/α-hetero) is 1. The minimum Gasteiger partial charge on any atom is -0.493 e. The van der Waals surface area contributed by atoms with Crippen LogP contribution in [-0.4, -0.2) is 17.7 Å². The Hall–Kier alpha value is -0.830. The molecule has 3 heteroatoms. The summed E-state index contributed by atoms with van der Waals surface area (Å²) < 4.78 is 5.51. The number of alkyl halides is 1. The van der Waals surface area contributed by atoms with Crippen molar-refractivity contribution in [1.82, 2.24) is 0 Å². The van der Waals surface area contributed by atoms with E-state index >= 15 is 0 Å². The molecular formula is C13H17BrO2. The van der Waals surface area contributed by atoms with E-state index in [2.05, 4.69) is 22.9 Å². The van der Waals surface area contributed by atoms with Crippen molar-refractivity contribution in [2.45, 2.75) is 26.7 Å². The second-order valence-electron chi connectivity index (χ2n) is 3.44. The number of rotatable bonds is 6. The highest BCUT2D eigenvalue weighted by atomic mass is 79.9. The summed E-state index contributed by atoms with van der Waals surface area (Å²) in [5.74, 6) is 0.866. The van der Waals surface area contributed by atoms with Gasteiger partial charge in [-0.05, 0) is 25.0 Å². The van der Waals surface area contributed by atoms with Crippen molar-refractivity contribution < 1.29 is 9.53 Å². The van der Waals surface area contributed by atoms with E-state index in [-0.39, 0.29) is 5.78 Å². The predicted molar refractivity (Wildman–Crippen MR) is 69.7 cm³/mol. The lowest BCUT2D eigenvalue weighted by Gasteiger charge is -2.12. The highest BCUT2D eigenvalue weighted by molar-refractivity contribution is 9.09. The summed E-state index contributed by atoms with van der Waals surface area (Å²) in [6, 6.07) is 5.79. The monoisotopic (exact) mass is 284 g/mol. The molecule has 1 aromatic carbocycles. The van der Waals surface area contributed by atoms with E-state index in [0.717, 1.165) is 17.5 Å². The molecule has 0 aliphatic heterocycles. The molecule has 0 saturated carbocycles. The highest BCUT2D eigenvalue weighted by Gasteiger charge is 2.15. The minimum absolute atomic E-state index is 0.151. The Balaban J connectivity index is 3.13. The van der Waals surface area contributed by atoms with Crippen LogP contribution in [0.25, 0.3) is 0 Å². The van der Waals surface area contributed by atoms with Gasteiger partial charge in [0.1, 0.15) is 5.75 Å². The van der Waals surface area contributed by atoms with Gasteiger partial charge in [0.15, 0.2) is 5.78 Å². The van der Waals surface area contributed by atoms with Crippen LogP contribution >= 0.6 is 15.9 Å². The molecule has 1 aromatic rings. The maximum atomic E-state index is 12.0. The van der Waals surface area contributed by atoms with Crippen molar-refractivity contribution in [2.75, 3.05) is 11.9 Å². The van der Waals surface area contributed by atoms with Crippen molar-refractivity contribution >= 4 is 21.7 Å². The number of halogens is 1. The van der Waals surface area contributed by atoms with E-state index in [9.17, 15) is 4.79 Å². The fourth-order valence-electron chi connectivity index (χ4n) is 1.67. The standard InChI is InChI=1S/C13H17BrO2/c1-3-10-6-5-7-12(16-4-2)13(10)11(15)8-9-14/h5-7H,3-4,8-9H2,1-2H3. The van der Waals surface area contributed by atoms with Crippen molar-refractivity contribution in [2.24, 2.45) is 0 Å². The van der Waals surface area contributed by atoms with Gasteiger partial charge in [-0.1, -0.05) is 35.0 Å². The Bertz CT molecular complexity index is 361. The lowest BCUT2D eigenvalue weighted by atomic mass is 9.99. The van der Waals surface area contributed by atoms with Crippen LogP contribution < -0.4 is 4.74 Å². The summed E-state index contributed by atoms with van der Waals surface area (Å²) in [7, 11) is 0. The first kappa shape index (κ1) is 13.2. The molecule has 0 unspecified atom stereocenters. The first-order valence-corrected chi connectivity index (χ1v) is 6.70. The number of ketones is 1. The van der Waals surface area contributed by atoms with Gasteiger partial charge in [0.05, 0.1) is 12.2 Å². The second-order valence-corrected chi connectivity index (χ2v) is 4.23. The average Bonchev–Trinajstić information content (AvgIpc) is 2.29. The highest BCUT2D eigenvalue weighted by Crippen LogP contribution is 2.25. The quantitative estimate of drug-likeness (QED) is 0.589. The molecule has 88 valence electrons. The van der Waals surface area contributed by atoms with Crippen LogP contribution in [0.5, 0.6) is 5.75 Å². The van der Waals surface area contributed by atoms with Gasteiger partial charge in [0, 0.05) is 11.8 Å². The van der Waals surface area contributed by atoms with E-state index < -0.39 is 0 Å². The van der Waals surface area contributed by atoms with E-state index in [4.69, 9.17) is 4.74 Å². The summed E-state index contributed by atoms with van der Waals surface area (Å²) in [5.41, 5.74) is 1.82. The summed E-state index contributed by atoms with van der Waals surface area (Å²) in [4.78, 5) is 12.0. The number of aryl methyl sites for hydroxylation is 1. The molecule has 0 atom stereocenters. The third-order valence-corrected chi connectivity index (χ3v) is 2.79. The summed E-state index contributed by atoms with van der Waals surface area (Å²) >= 11 is 3.30. The van der Waals surface area contributed by atoms with Crippen LogP contribution in [0.15, 0.2) is 18.2 Å². The number of ether oxygens (including phenoxy) is 1. The third kappa shape index (κ3) is 3.08. The SMILES string of the molecule is CCOc1cccc(CC)c1C(=O)CCBr. The van der Waals surface area contributed by atoms with Gasteiger partial charge in [-0.2, -0.15) is 0 Å². The Labute approximate surface area is 105 Å². The van der Waals surface area contributed by atoms with Crippen molar-refractivity contribution in [3.8, 4) is 5.75 Å². The largest absolute Gasteiger partial charge is 0.493 e. The molecule has 0 saturated heterocycles. The van der Waals surface area contributed by atoms with Gasteiger partial charge < -0.3 is 4.74 Å². The molecule has 0 aliphatic carbocycles. The molecule has 0 bridgehead atoms. The Morgan fingerprint density at radius 3 is 2.69 bits per heavy atom. The first-order chi connectivity index (χ1) is 7.74. The number of hydrogen-bond donors (Lipinski definition) is 0. The molecule has 0 spiro atoms. The molecule has 0 aliphatic rings. The molecule has 0 N–H and O–H groups in total. The fraction of sp³-hybridized carbons (Fsp3) is 0.462. The van der Waals surface area contributed by atoms with Gasteiger partial charge in [0.25, 0.3) is 0 Å². The smallest absolute Gasteiger partial charge is 0.167 e. The van der Waals surface area contributed by atoms with Gasteiger partial charge in [-0.25, -0.2) is 0 Å². The summed E-state index contributed by atoms with van der Waals surface area (Å²) in [6.45, 7) is 4.56. The molecule has 0 fully saturated rings. The predicted octanol–water partition coefficient (Wildman–Crippen LogP) is 3.62. The normalized spacial score (nSPS) is 10.2. The van der Waals surface area contributed by atoms with Crippen LogP contribution in [0.4, 0.5) is 0 Å². The zero-order chi connectivity index (χ0) is 12.0. The van der Waals surface area contributed by atoms with Gasteiger partial charge in [0.2, 0.25) is 0 Å². The van der Waals surface area contributed by atoms with E-state index in [1.807, 2.05) is 25.1 Å². The van der Waals surface area contributed by atoms with Gasteiger partial charge in [-0.15, -0.1) is 0 Å². The second kappa shape index (κ2) is 6.69. The van der Waals surface area contributed by atoms with Crippen LogP contribution in [0.2, 0.25) is 0 Å². The van der Waals surface area contributed by atoms with Gasteiger partial charge >= 0.3 is 0 Å². The molecule has 0 radical (unpaired) electrons. The molecule has 0 aromatic heterocycles. The average molecular weight is 285 g/mol. The lowest BCUT2D eigenvalue weighted by Crippen LogP contribution is -2.08. The van der Waals surface area contributed by atoms with Gasteiger partial charge in [-0.3, -0.25) is 4.79 Å². The van der Waals surface area contributed by atoms with Crippen LogP contribution in [0, 0.1) is 0 Å². The molecule has 2 nitrogen and oxygen atoms in total. The lowest BCUT2D eigenvalue weighted by molar-refractivity contribution is 0.0985. The number of carbonyl (C=O) groups is 1. The minimum atomic E-state index is 0.151. The van der Waals surface area contributed by atoms with Crippen LogP contribution in [0.3, 0.4) is 0 Å². The molecule has 0 heterocycles. The maximum absolute atomic E-state index is 12.0. The summed E-state index contributed by atoms with van der Waals surface area (Å²) in [5, 5.41) is 0.690. The van der Waals surface area contributed by atoms with Crippen molar-refractivity contribution in [3.05, 3.63) is 29.3 Å². The van der Waals surface area contributed by atoms with Crippen LogP contribution in [0.1, 0.15) is 36.2 Å². The van der Waals surface area contributed by atoms with E-state index in [0.29, 0.717) is 24.1 Å². The summed E-state index contributed by atoms with van der Waals surface area (Å²) in [6.07, 6.45) is 1.36. The molecular weight excluding hydrogens is 268 g/mol. The number of benzene rings is 1. The van der Waals surface area contributed by atoms with E-state index in [1.165, 1.54) is 0 Å². The third-order valence-electron chi connectivity index (χ3n) is 2.39.